The number of aromatic nitrogens is 2. The Kier molecular flexibility index (Phi) is 3.08. The van der Waals surface area contributed by atoms with Crippen molar-refractivity contribution in [3.05, 3.63) is 32.6 Å². The van der Waals surface area contributed by atoms with Crippen LogP contribution in [0.1, 0.15) is 25.6 Å². The van der Waals surface area contributed by atoms with Gasteiger partial charge in [0.2, 0.25) is 0 Å². The maximum Gasteiger partial charge on any atom is 0.328 e. The minimum absolute atomic E-state index is 0.191. The largest absolute Gasteiger partial charge is 0.481 e. The lowest BCUT2D eigenvalue weighted by Crippen LogP contribution is -2.34. The summed E-state index contributed by atoms with van der Waals surface area (Å²) in [5.74, 6) is -1.07. The van der Waals surface area contributed by atoms with E-state index < -0.39 is 17.2 Å². The van der Waals surface area contributed by atoms with E-state index in [0.717, 1.165) is 6.07 Å². The summed E-state index contributed by atoms with van der Waals surface area (Å²) in [6.45, 7) is 3.48. The fraction of sp³-hybridized carbons (Fsp3) is 0.444. The Labute approximate surface area is 85.2 Å². The third kappa shape index (κ3) is 2.55. The van der Waals surface area contributed by atoms with Gasteiger partial charge in [-0.2, -0.15) is 0 Å². The van der Waals surface area contributed by atoms with Gasteiger partial charge in [0.15, 0.2) is 0 Å². The van der Waals surface area contributed by atoms with Gasteiger partial charge in [-0.3, -0.25) is 19.1 Å². The van der Waals surface area contributed by atoms with E-state index in [1.807, 2.05) is 0 Å². The number of nitrogens with zero attached hydrogens (tertiary/aromatic N) is 1. The van der Waals surface area contributed by atoms with Gasteiger partial charge >= 0.3 is 11.7 Å². The van der Waals surface area contributed by atoms with Crippen LogP contribution in [0.25, 0.3) is 0 Å². The van der Waals surface area contributed by atoms with Gasteiger partial charge in [-0.05, 0) is 13.8 Å². The van der Waals surface area contributed by atoms with E-state index in [4.69, 9.17) is 5.11 Å². The number of rotatable bonds is 3. The molecule has 0 spiro atoms. The molecular formula is C9H12N2O4. The number of carboxylic acids is 1. The van der Waals surface area contributed by atoms with E-state index in [0.29, 0.717) is 0 Å². The second-order valence-corrected chi connectivity index (χ2v) is 3.46. The average molecular weight is 212 g/mol. The van der Waals surface area contributed by atoms with Crippen molar-refractivity contribution in [3.8, 4) is 0 Å². The second kappa shape index (κ2) is 4.12. The van der Waals surface area contributed by atoms with Crippen LogP contribution < -0.4 is 11.2 Å². The molecule has 6 nitrogen and oxygen atoms in total. The van der Waals surface area contributed by atoms with Crippen molar-refractivity contribution in [2.75, 3.05) is 0 Å². The topological polar surface area (TPSA) is 92.2 Å². The molecule has 0 fully saturated rings. The minimum Gasteiger partial charge on any atom is -0.481 e. The highest BCUT2D eigenvalue weighted by Crippen LogP contribution is 2.04. The predicted octanol–water partition coefficient (Wildman–Crippen LogP) is -0.255. The van der Waals surface area contributed by atoms with Crippen LogP contribution in [0.4, 0.5) is 0 Å². The molecule has 1 aromatic rings. The summed E-state index contributed by atoms with van der Waals surface area (Å²) in [6, 6.07) is 0.943. The van der Waals surface area contributed by atoms with E-state index in [1.54, 1.807) is 13.8 Å². The number of H-pyrrole nitrogens is 1. The summed E-state index contributed by atoms with van der Waals surface area (Å²) in [6.07, 6.45) is -0.336. The van der Waals surface area contributed by atoms with Crippen LogP contribution >= 0.6 is 0 Å². The van der Waals surface area contributed by atoms with Gasteiger partial charge < -0.3 is 5.11 Å². The fourth-order valence-corrected chi connectivity index (χ4v) is 1.41. The first-order chi connectivity index (χ1) is 6.91. The molecule has 0 saturated carbocycles. The Hall–Kier alpha value is -1.85. The molecule has 0 aliphatic rings. The molecule has 0 aliphatic heterocycles. The van der Waals surface area contributed by atoms with Crippen molar-refractivity contribution in [3.63, 3.8) is 0 Å². The van der Waals surface area contributed by atoms with Crippen LogP contribution in [0.2, 0.25) is 0 Å². The zero-order chi connectivity index (χ0) is 11.6. The number of carbonyl (C=O) groups is 1. The molecule has 0 bridgehead atoms. The SMILES string of the molecule is CC(C)n1c(CC(=O)O)cc(=O)[nH]c1=O. The Balaban J connectivity index is 3.40. The molecule has 0 aromatic carbocycles. The first-order valence-electron chi connectivity index (χ1n) is 4.48. The molecule has 2 N–H and O–H groups in total. The minimum atomic E-state index is -1.07. The molecule has 82 valence electrons. The predicted molar refractivity (Wildman–Crippen MR) is 53.0 cm³/mol. The summed E-state index contributed by atoms with van der Waals surface area (Å²) >= 11 is 0. The molecule has 0 unspecified atom stereocenters. The molecule has 1 aromatic heterocycles. The zero-order valence-electron chi connectivity index (χ0n) is 8.48. The first kappa shape index (κ1) is 11.2. The molecule has 0 radical (unpaired) electrons. The van der Waals surface area contributed by atoms with Crippen molar-refractivity contribution in [2.45, 2.75) is 26.3 Å². The smallest absolute Gasteiger partial charge is 0.328 e. The van der Waals surface area contributed by atoms with Crippen molar-refractivity contribution >= 4 is 5.97 Å². The van der Waals surface area contributed by atoms with Crippen molar-refractivity contribution in [1.82, 2.24) is 9.55 Å². The Morgan fingerprint density at radius 1 is 1.53 bits per heavy atom. The van der Waals surface area contributed by atoms with Gasteiger partial charge in [-0.25, -0.2) is 4.79 Å². The molecule has 0 aliphatic carbocycles. The second-order valence-electron chi connectivity index (χ2n) is 3.46. The Morgan fingerprint density at radius 2 is 2.13 bits per heavy atom. The molecule has 6 heteroatoms. The molecule has 15 heavy (non-hydrogen) atoms. The van der Waals surface area contributed by atoms with E-state index in [1.165, 1.54) is 4.57 Å². The molecule has 0 amide bonds. The van der Waals surface area contributed by atoms with Crippen LogP contribution in [0.3, 0.4) is 0 Å². The number of hydrogen-bond donors (Lipinski definition) is 2. The number of hydrogen-bond acceptors (Lipinski definition) is 3. The van der Waals surface area contributed by atoms with Crippen LogP contribution in [0, 0.1) is 0 Å². The summed E-state index contributed by atoms with van der Waals surface area (Å²) in [7, 11) is 0. The van der Waals surface area contributed by atoms with Gasteiger partial charge in [-0.15, -0.1) is 0 Å². The molecule has 1 heterocycles. The van der Waals surface area contributed by atoms with Crippen molar-refractivity contribution in [1.29, 1.82) is 0 Å². The molecule has 1 rings (SSSR count). The summed E-state index contributed by atoms with van der Waals surface area (Å²) < 4.78 is 1.26. The zero-order valence-corrected chi connectivity index (χ0v) is 8.48. The molecular weight excluding hydrogens is 200 g/mol. The number of nitrogens with one attached hydrogen (secondary N) is 1. The average Bonchev–Trinajstić information content (AvgIpc) is 1.99. The maximum absolute atomic E-state index is 11.4. The van der Waals surface area contributed by atoms with Gasteiger partial charge in [0, 0.05) is 17.8 Å². The van der Waals surface area contributed by atoms with Gasteiger partial charge in [0.25, 0.3) is 5.56 Å². The lowest BCUT2D eigenvalue weighted by Gasteiger charge is -2.13. The van der Waals surface area contributed by atoms with E-state index in [-0.39, 0.29) is 18.2 Å². The molecule has 0 atom stereocenters. The Morgan fingerprint density at radius 3 is 2.60 bits per heavy atom. The normalized spacial score (nSPS) is 10.6. The third-order valence-electron chi connectivity index (χ3n) is 1.90. The maximum atomic E-state index is 11.4. The lowest BCUT2D eigenvalue weighted by atomic mass is 10.2. The summed E-state index contributed by atoms with van der Waals surface area (Å²) in [5, 5.41) is 8.63. The van der Waals surface area contributed by atoms with E-state index in [9.17, 15) is 14.4 Å². The molecule has 0 saturated heterocycles. The monoisotopic (exact) mass is 212 g/mol. The van der Waals surface area contributed by atoms with Crippen LogP contribution in [0.15, 0.2) is 15.7 Å². The highest BCUT2D eigenvalue weighted by atomic mass is 16.4. The standard InChI is InChI=1S/C9H12N2O4/c1-5(2)11-6(4-8(13)14)3-7(12)10-9(11)15/h3,5H,4H2,1-2H3,(H,13,14)(H,10,12,15). The quantitative estimate of drug-likeness (QED) is 0.722. The van der Waals surface area contributed by atoms with Gasteiger partial charge in [0.05, 0.1) is 6.42 Å². The summed E-state index contributed by atoms with van der Waals surface area (Å²) in [5.41, 5.74) is -0.937. The van der Waals surface area contributed by atoms with E-state index >= 15 is 0 Å². The lowest BCUT2D eigenvalue weighted by molar-refractivity contribution is -0.136. The van der Waals surface area contributed by atoms with Crippen molar-refractivity contribution in [2.24, 2.45) is 0 Å². The highest BCUT2D eigenvalue weighted by Gasteiger charge is 2.11. The highest BCUT2D eigenvalue weighted by molar-refractivity contribution is 5.69. The first-order valence-corrected chi connectivity index (χ1v) is 4.48. The summed E-state index contributed by atoms with van der Waals surface area (Å²) in [4.78, 5) is 35.0. The number of aromatic amines is 1. The van der Waals surface area contributed by atoms with Gasteiger partial charge in [0.1, 0.15) is 0 Å². The van der Waals surface area contributed by atoms with Crippen LogP contribution in [-0.2, 0) is 11.2 Å². The van der Waals surface area contributed by atoms with Gasteiger partial charge in [-0.1, -0.05) is 0 Å². The fourth-order valence-electron chi connectivity index (χ4n) is 1.41. The Bertz CT molecular complexity index is 484. The van der Waals surface area contributed by atoms with Crippen LogP contribution in [0.5, 0.6) is 0 Å². The van der Waals surface area contributed by atoms with Crippen LogP contribution in [-0.4, -0.2) is 20.6 Å². The number of aliphatic carboxylic acids is 1. The number of carboxylic acid groups (broad SMARTS) is 1. The third-order valence-corrected chi connectivity index (χ3v) is 1.90. The van der Waals surface area contributed by atoms with Crippen molar-refractivity contribution < 1.29 is 9.90 Å². The van der Waals surface area contributed by atoms with E-state index in [2.05, 4.69) is 4.98 Å².